The normalized spacial score (nSPS) is 12.9. The minimum Gasteiger partial charge on any atom is -0.310 e. The average molecular weight is 1580 g/mol. The first kappa shape index (κ1) is 72.8. The van der Waals surface area contributed by atoms with E-state index in [1.807, 2.05) is 48.5 Å². The summed E-state index contributed by atoms with van der Waals surface area (Å²) < 4.78 is 0. The highest BCUT2D eigenvalue weighted by molar-refractivity contribution is 5.99. The molecule has 20 aromatic rings. The molecule has 124 heavy (non-hydrogen) atoms. The smallest absolute Gasteiger partial charge is 0.164 e. The van der Waals surface area contributed by atoms with Crippen LogP contribution in [0, 0.1) is 0 Å². The fourth-order valence-corrected chi connectivity index (χ4v) is 19.6. The molecule has 0 saturated heterocycles. The van der Waals surface area contributed by atoms with E-state index in [0.717, 1.165) is 83.7 Å². The second kappa shape index (κ2) is 30.4. The van der Waals surface area contributed by atoms with Gasteiger partial charge in [-0.05, 0) is 190 Å². The van der Waals surface area contributed by atoms with Crippen LogP contribution in [0.1, 0.15) is 44.5 Å². The molecule has 4 aliphatic rings. The average Bonchev–Trinajstić information content (AvgIpc) is 1.49. The highest BCUT2D eigenvalue weighted by atomic mass is 15.2. The molecule has 0 amide bonds. The molecule has 8 heteroatoms. The zero-order valence-corrected chi connectivity index (χ0v) is 67.5. The van der Waals surface area contributed by atoms with Crippen LogP contribution in [0.5, 0.6) is 0 Å². The number of anilines is 6. The highest BCUT2D eigenvalue weighted by Crippen LogP contribution is 2.66. The second-order valence-corrected chi connectivity index (χ2v) is 31.9. The van der Waals surface area contributed by atoms with E-state index >= 15 is 0 Å². The molecule has 580 valence electrons. The Labute approximate surface area is 720 Å². The molecular weight excluding hydrogens is 1510 g/mol. The van der Waals surface area contributed by atoms with Crippen LogP contribution in [-0.2, 0) is 10.8 Å². The van der Waals surface area contributed by atoms with Gasteiger partial charge in [0.2, 0.25) is 0 Å². The fourth-order valence-electron chi connectivity index (χ4n) is 19.6. The standard InChI is InChI=1S/2C58H38N4/c1-4-18-39(19-5-1)41-22-16-24-44(36-41)56-59-55(40-20-6-2-7-21-40)60-57(61-56)45-25-17-23-42(37-45)43-34-35-48-47-28-10-11-29-49(47)58(52(48)38-43)50-30-12-14-32-53(50)62(46-26-8-3-9-27-46)54-33-15-13-31-51(54)58;1-4-17-39(18-5-1)40-31-33-42(34-32-40)56-59-55(41-19-6-2-7-20-41)60-57(61-56)45-22-16-21-43(37-45)44-35-36-48-47-25-10-11-26-49(47)58(52(48)38-44)50-27-12-14-29-53(50)62(46-23-8-3-9-24-46)54-30-15-13-28-51(54)58/h2*1-38H. The largest absolute Gasteiger partial charge is 0.310 e. The van der Waals surface area contributed by atoms with Crippen molar-refractivity contribution in [3.8, 4) is 135 Å². The maximum absolute atomic E-state index is 5.18. The number of para-hydroxylation sites is 6. The lowest BCUT2D eigenvalue weighted by Crippen LogP contribution is -2.36. The van der Waals surface area contributed by atoms with Crippen LogP contribution in [0.25, 0.3) is 135 Å². The molecule has 2 aliphatic heterocycles. The third-order valence-electron chi connectivity index (χ3n) is 25.0. The first-order valence-corrected chi connectivity index (χ1v) is 42.2. The van der Waals surface area contributed by atoms with Gasteiger partial charge in [-0.3, -0.25) is 0 Å². The number of aromatic nitrogens is 6. The van der Waals surface area contributed by atoms with Crippen molar-refractivity contribution in [1.82, 2.24) is 29.9 Å². The van der Waals surface area contributed by atoms with Crippen molar-refractivity contribution in [1.29, 1.82) is 0 Å². The second-order valence-electron chi connectivity index (χ2n) is 31.9. The monoisotopic (exact) mass is 1580 g/mol. The third kappa shape index (κ3) is 12.2. The number of nitrogens with zero attached hydrogens (tertiary/aromatic N) is 8. The minimum atomic E-state index is -0.542. The van der Waals surface area contributed by atoms with E-state index in [0.29, 0.717) is 34.9 Å². The molecule has 0 unspecified atom stereocenters. The van der Waals surface area contributed by atoms with Gasteiger partial charge in [-0.1, -0.05) is 382 Å². The fraction of sp³-hybridized carbons (Fsp3) is 0.0172. The van der Waals surface area contributed by atoms with E-state index in [1.165, 1.54) is 95.1 Å². The molecule has 4 heterocycles. The van der Waals surface area contributed by atoms with Crippen molar-refractivity contribution in [3.05, 3.63) is 506 Å². The van der Waals surface area contributed by atoms with Crippen LogP contribution in [-0.4, -0.2) is 29.9 Å². The van der Waals surface area contributed by atoms with Crippen LogP contribution in [0.3, 0.4) is 0 Å². The summed E-state index contributed by atoms with van der Waals surface area (Å²) >= 11 is 0. The number of hydrogen-bond acceptors (Lipinski definition) is 8. The van der Waals surface area contributed by atoms with E-state index in [2.05, 4.69) is 422 Å². The number of rotatable bonds is 12. The topological polar surface area (TPSA) is 83.8 Å². The molecule has 0 N–H and O–H groups in total. The van der Waals surface area contributed by atoms with Gasteiger partial charge < -0.3 is 9.80 Å². The molecule has 24 rings (SSSR count). The zero-order chi connectivity index (χ0) is 82.1. The molecule has 2 aliphatic carbocycles. The summed E-state index contributed by atoms with van der Waals surface area (Å²) in [6, 6.07) is 165. The first-order chi connectivity index (χ1) is 61.5. The van der Waals surface area contributed by atoms with Gasteiger partial charge in [-0.15, -0.1) is 0 Å². The van der Waals surface area contributed by atoms with Gasteiger partial charge in [0.1, 0.15) is 0 Å². The van der Waals surface area contributed by atoms with Gasteiger partial charge in [-0.25, -0.2) is 29.9 Å². The van der Waals surface area contributed by atoms with E-state index in [9.17, 15) is 0 Å². The Balaban J connectivity index is 0.000000143. The van der Waals surface area contributed by atoms with Crippen molar-refractivity contribution in [2.45, 2.75) is 10.8 Å². The first-order valence-electron chi connectivity index (χ1n) is 42.2. The maximum Gasteiger partial charge on any atom is 0.164 e. The van der Waals surface area contributed by atoms with E-state index in [-0.39, 0.29) is 0 Å². The molecule has 0 bridgehead atoms. The predicted octanol–water partition coefficient (Wildman–Crippen LogP) is 28.7. The van der Waals surface area contributed by atoms with Crippen molar-refractivity contribution in [2.24, 2.45) is 0 Å². The molecule has 0 saturated carbocycles. The van der Waals surface area contributed by atoms with Gasteiger partial charge in [0.15, 0.2) is 34.9 Å². The lowest BCUT2D eigenvalue weighted by molar-refractivity contribution is 0.753. The molecule has 0 atom stereocenters. The van der Waals surface area contributed by atoms with Crippen LogP contribution in [0.15, 0.2) is 461 Å². The van der Waals surface area contributed by atoms with E-state index in [4.69, 9.17) is 29.9 Å². The lowest BCUT2D eigenvalue weighted by atomic mass is 9.64. The van der Waals surface area contributed by atoms with Crippen molar-refractivity contribution in [3.63, 3.8) is 0 Å². The SMILES string of the molecule is c1ccc(-c2ccc(-c3nc(-c4ccccc4)nc(-c4cccc(-c5ccc6c(c5)C5(c7ccccc7-6)c6ccccc6N(c6ccccc6)c6ccccc65)c4)n3)cc2)cc1.c1ccc(-c2cccc(-c3nc(-c4ccccc4)nc(-c4cccc(-c5ccc6c(c5)C5(c7ccccc7-6)c6ccccc6N(c6ccccc6)c6ccccc65)c4)n3)c2)cc1. The van der Waals surface area contributed by atoms with Gasteiger partial charge in [0.05, 0.1) is 33.6 Å². The number of fused-ring (bicyclic) bond motifs is 18. The Kier molecular flexibility index (Phi) is 17.9. The molecule has 2 spiro atoms. The quantitative estimate of drug-likeness (QED) is 0.120. The molecule has 2 aromatic heterocycles. The summed E-state index contributed by atoms with van der Waals surface area (Å²) in [6.07, 6.45) is 0. The van der Waals surface area contributed by atoms with Gasteiger partial charge in [0, 0.05) is 44.8 Å². The summed E-state index contributed by atoms with van der Waals surface area (Å²) in [5.74, 6) is 3.80. The Morgan fingerprint density at radius 1 is 0.137 bits per heavy atom. The molecule has 0 fully saturated rings. The summed E-state index contributed by atoms with van der Waals surface area (Å²) in [5, 5.41) is 0. The summed E-state index contributed by atoms with van der Waals surface area (Å²) in [7, 11) is 0. The molecule has 0 radical (unpaired) electrons. The zero-order valence-electron chi connectivity index (χ0n) is 67.5. The lowest BCUT2D eigenvalue weighted by Gasteiger charge is -2.45. The van der Waals surface area contributed by atoms with E-state index < -0.39 is 10.8 Å². The van der Waals surface area contributed by atoms with Crippen molar-refractivity contribution < 1.29 is 0 Å². The number of hydrogen-bond donors (Lipinski definition) is 0. The Morgan fingerprint density at radius 3 is 0.694 bits per heavy atom. The minimum absolute atomic E-state index is 0.540. The molecule has 18 aromatic carbocycles. The summed E-state index contributed by atoms with van der Waals surface area (Å²) in [6.45, 7) is 0. The van der Waals surface area contributed by atoms with Gasteiger partial charge in [0.25, 0.3) is 0 Å². The van der Waals surface area contributed by atoms with Crippen LogP contribution in [0.4, 0.5) is 34.1 Å². The van der Waals surface area contributed by atoms with Crippen LogP contribution in [0.2, 0.25) is 0 Å². The van der Waals surface area contributed by atoms with Gasteiger partial charge >= 0.3 is 0 Å². The Morgan fingerprint density at radius 2 is 0.347 bits per heavy atom. The van der Waals surface area contributed by atoms with Crippen molar-refractivity contribution >= 4 is 34.1 Å². The number of benzene rings is 18. The van der Waals surface area contributed by atoms with Crippen LogP contribution >= 0.6 is 0 Å². The summed E-state index contributed by atoms with van der Waals surface area (Å²) in [4.78, 5) is 35.5. The third-order valence-corrected chi connectivity index (χ3v) is 25.0. The van der Waals surface area contributed by atoms with Crippen LogP contribution < -0.4 is 9.80 Å². The highest BCUT2D eigenvalue weighted by Gasteiger charge is 2.54. The predicted molar refractivity (Wildman–Crippen MR) is 505 cm³/mol. The Bertz CT molecular complexity index is 7390. The molecular formula is C116H76N8. The Hall–Kier alpha value is -16.4. The van der Waals surface area contributed by atoms with E-state index in [1.54, 1.807) is 0 Å². The van der Waals surface area contributed by atoms with Gasteiger partial charge in [-0.2, -0.15) is 0 Å². The maximum atomic E-state index is 5.18. The summed E-state index contributed by atoms with van der Waals surface area (Å²) in [5.41, 5.74) is 35.8. The molecule has 8 nitrogen and oxygen atoms in total. The van der Waals surface area contributed by atoms with Crippen molar-refractivity contribution in [2.75, 3.05) is 9.80 Å².